The van der Waals surface area contributed by atoms with Gasteiger partial charge in [-0.15, -0.1) is 0 Å². The molecule has 114 valence electrons. The lowest BCUT2D eigenvalue weighted by Gasteiger charge is -2.22. The first-order valence-electron chi connectivity index (χ1n) is 7.13. The molecule has 1 aliphatic heterocycles. The molecule has 2 N–H and O–H groups in total. The van der Waals surface area contributed by atoms with Crippen LogP contribution in [0.1, 0.15) is 30.4 Å². The van der Waals surface area contributed by atoms with Crippen molar-refractivity contribution in [2.45, 2.75) is 44.1 Å². The Balaban J connectivity index is 1.54. The molecule has 3 rings (SSSR count). The summed E-state index contributed by atoms with van der Waals surface area (Å²) in [6, 6.07) is 5.19. The number of carbonyl (C=O) groups is 1. The number of alkyl halides is 3. The number of amides is 1. The highest BCUT2D eigenvalue weighted by Gasteiger charge is 2.42. The van der Waals surface area contributed by atoms with E-state index in [4.69, 9.17) is 0 Å². The van der Waals surface area contributed by atoms with Gasteiger partial charge < -0.3 is 10.6 Å². The van der Waals surface area contributed by atoms with E-state index in [0.717, 1.165) is 31.4 Å². The summed E-state index contributed by atoms with van der Waals surface area (Å²) in [5.41, 5.74) is -0.00754. The van der Waals surface area contributed by atoms with E-state index in [-0.39, 0.29) is 18.5 Å². The van der Waals surface area contributed by atoms with Crippen molar-refractivity contribution in [3.8, 4) is 0 Å². The van der Waals surface area contributed by atoms with E-state index in [0.29, 0.717) is 17.5 Å². The molecule has 2 aliphatic rings. The molecule has 1 aromatic rings. The fraction of sp³-hybridized carbons (Fsp3) is 0.533. The maximum Gasteiger partial charge on any atom is 0.416 e. The summed E-state index contributed by atoms with van der Waals surface area (Å²) in [5, 5.41) is 6.10. The minimum absolute atomic E-state index is 0.0536. The van der Waals surface area contributed by atoms with Crippen LogP contribution in [-0.2, 0) is 17.5 Å². The number of carbonyl (C=O) groups excluding carboxylic acids is 1. The Morgan fingerprint density at radius 1 is 1.24 bits per heavy atom. The number of piperidine rings is 1. The van der Waals surface area contributed by atoms with Gasteiger partial charge >= 0.3 is 6.18 Å². The van der Waals surface area contributed by atoms with Gasteiger partial charge in [0.2, 0.25) is 5.91 Å². The highest BCUT2D eigenvalue weighted by Crippen LogP contribution is 2.35. The van der Waals surface area contributed by atoms with Gasteiger partial charge in [-0.1, -0.05) is 12.1 Å². The van der Waals surface area contributed by atoms with Crippen LogP contribution in [-0.4, -0.2) is 18.0 Å². The summed E-state index contributed by atoms with van der Waals surface area (Å²) in [7, 11) is 0. The average Bonchev–Trinajstić information content (AvgIpc) is 3.07. The lowest BCUT2D eigenvalue weighted by molar-refractivity contribution is -0.137. The van der Waals surface area contributed by atoms with Crippen molar-refractivity contribution in [1.29, 1.82) is 0 Å². The van der Waals surface area contributed by atoms with Gasteiger partial charge in [0, 0.05) is 12.6 Å². The first kappa shape index (κ1) is 14.4. The zero-order chi connectivity index (χ0) is 15.0. The van der Waals surface area contributed by atoms with Gasteiger partial charge in [-0.2, -0.15) is 13.2 Å². The minimum Gasteiger partial charge on any atom is -0.351 e. The largest absolute Gasteiger partial charge is 0.416 e. The molecule has 1 saturated carbocycles. The molecule has 3 nitrogen and oxygen atoms in total. The van der Waals surface area contributed by atoms with Gasteiger partial charge in [-0.25, -0.2) is 0 Å². The fourth-order valence-corrected chi connectivity index (χ4v) is 3.26. The van der Waals surface area contributed by atoms with E-state index >= 15 is 0 Å². The van der Waals surface area contributed by atoms with Gasteiger partial charge in [0.05, 0.1) is 11.6 Å². The first-order valence-corrected chi connectivity index (χ1v) is 7.13. The Morgan fingerprint density at radius 2 is 1.95 bits per heavy atom. The molecular formula is C15H17F3N2O. The molecule has 6 heteroatoms. The van der Waals surface area contributed by atoms with Gasteiger partial charge in [0.25, 0.3) is 0 Å². The molecule has 2 bridgehead atoms. The first-order chi connectivity index (χ1) is 9.93. The molecule has 1 heterocycles. The highest BCUT2D eigenvalue weighted by atomic mass is 19.4. The van der Waals surface area contributed by atoms with Crippen LogP contribution in [0.2, 0.25) is 0 Å². The van der Waals surface area contributed by atoms with E-state index in [2.05, 4.69) is 10.6 Å². The molecule has 0 radical (unpaired) electrons. The lowest BCUT2D eigenvalue weighted by Crippen LogP contribution is -2.47. The molecule has 1 amide bonds. The van der Waals surface area contributed by atoms with Crippen LogP contribution >= 0.6 is 0 Å². The number of hydrogen-bond donors (Lipinski definition) is 2. The molecular weight excluding hydrogens is 281 g/mol. The smallest absolute Gasteiger partial charge is 0.351 e. The number of nitrogens with one attached hydrogen (secondary N) is 2. The minimum atomic E-state index is -4.32. The molecule has 2 fully saturated rings. The Kier molecular flexibility index (Phi) is 3.65. The van der Waals surface area contributed by atoms with Gasteiger partial charge in [-0.3, -0.25) is 4.79 Å². The molecule has 21 heavy (non-hydrogen) atoms. The van der Waals surface area contributed by atoms with Crippen molar-refractivity contribution >= 4 is 5.91 Å². The van der Waals surface area contributed by atoms with Crippen molar-refractivity contribution in [1.82, 2.24) is 10.6 Å². The standard InChI is InChI=1S/C15H17F3N2O/c16-15(17,18)11-4-1-9(2-5-11)8-19-14(21)13-10-3-6-12(7-10)20-13/h1-2,4-5,10,12-13,20H,3,6-8H2,(H,19,21). The zero-order valence-corrected chi connectivity index (χ0v) is 11.4. The predicted octanol–water partition coefficient (Wildman–Crippen LogP) is 2.46. The molecule has 0 spiro atoms. The summed E-state index contributed by atoms with van der Waals surface area (Å²) in [6.45, 7) is 0.256. The van der Waals surface area contributed by atoms with Crippen LogP contribution in [0.5, 0.6) is 0 Å². The summed E-state index contributed by atoms with van der Waals surface area (Å²) >= 11 is 0. The maximum absolute atomic E-state index is 12.4. The Labute approximate surface area is 120 Å². The van der Waals surface area contributed by atoms with Crippen LogP contribution < -0.4 is 10.6 Å². The van der Waals surface area contributed by atoms with Crippen molar-refractivity contribution in [2.75, 3.05) is 0 Å². The summed E-state index contributed by atoms with van der Waals surface area (Å²) < 4.78 is 37.3. The number of hydrogen-bond acceptors (Lipinski definition) is 2. The van der Waals surface area contributed by atoms with Crippen molar-refractivity contribution in [3.05, 3.63) is 35.4 Å². The number of rotatable bonds is 3. The molecule has 3 unspecified atom stereocenters. The second-order valence-electron chi connectivity index (χ2n) is 5.83. The predicted molar refractivity (Wildman–Crippen MR) is 71.3 cm³/mol. The van der Waals surface area contributed by atoms with Gasteiger partial charge in [0.15, 0.2) is 0 Å². The lowest BCUT2D eigenvalue weighted by atomic mass is 9.99. The van der Waals surface area contributed by atoms with Crippen LogP contribution in [0.4, 0.5) is 13.2 Å². The average molecular weight is 298 g/mol. The van der Waals surface area contributed by atoms with Gasteiger partial charge in [-0.05, 0) is 42.9 Å². The SMILES string of the molecule is O=C(NCc1ccc(C(F)(F)F)cc1)C1NC2CCC1C2. The number of benzene rings is 1. The van der Waals surface area contributed by atoms with Crippen molar-refractivity contribution in [2.24, 2.45) is 5.92 Å². The topological polar surface area (TPSA) is 41.1 Å². The summed E-state index contributed by atoms with van der Waals surface area (Å²) in [5.74, 6) is 0.352. The molecule has 3 atom stereocenters. The zero-order valence-electron chi connectivity index (χ0n) is 11.4. The van der Waals surface area contributed by atoms with E-state index in [1.807, 2.05) is 0 Å². The van der Waals surface area contributed by atoms with Crippen LogP contribution in [0, 0.1) is 5.92 Å². The molecule has 1 saturated heterocycles. The van der Waals surface area contributed by atoms with Crippen molar-refractivity contribution in [3.63, 3.8) is 0 Å². The molecule has 1 aliphatic carbocycles. The van der Waals surface area contributed by atoms with E-state index in [9.17, 15) is 18.0 Å². The third-order valence-electron chi connectivity index (χ3n) is 4.39. The third-order valence-corrected chi connectivity index (χ3v) is 4.39. The Hall–Kier alpha value is -1.56. The number of halogens is 3. The Morgan fingerprint density at radius 3 is 2.48 bits per heavy atom. The molecule has 0 aromatic heterocycles. The second-order valence-corrected chi connectivity index (χ2v) is 5.83. The van der Waals surface area contributed by atoms with Gasteiger partial charge in [0.1, 0.15) is 0 Å². The summed E-state index contributed by atoms with van der Waals surface area (Å²) in [4.78, 5) is 12.1. The fourth-order valence-electron chi connectivity index (χ4n) is 3.26. The third kappa shape index (κ3) is 3.05. The maximum atomic E-state index is 12.4. The Bertz CT molecular complexity index is 527. The van der Waals surface area contributed by atoms with E-state index in [1.54, 1.807) is 0 Å². The summed E-state index contributed by atoms with van der Waals surface area (Å²) in [6.07, 6.45) is -1.06. The van der Waals surface area contributed by atoms with Crippen LogP contribution in [0.3, 0.4) is 0 Å². The molecule has 1 aromatic carbocycles. The van der Waals surface area contributed by atoms with Crippen molar-refractivity contribution < 1.29 is 18.0 Å². The van der Waals surface area contributed by atoms with E-state index < -0.39 is 11.7 Å². The quantitative estimate of drug-likeness (QED) is 0.900. The second kappa shape index (κ2) is 5.33. The highest BCUT2D eigenvalue weighted by molar-refractivity contribution is 5.82. The monoisotopic (exact) mass is 298 g/mol. The van der Waals surface area contributed by atoms with E-state index in [1.165, 1.54) is 12.1 Å². The number of fused-ring (bicyclic) bond motifs is 2. The normalized spacial score (nSPS) is 27.9. The van der Waals surface area contributed by atoms with Crippen LogP contribution in [0.15, 0.2) is 24.3 Å². The van der Waals surface area contributed by atoms with Crippen LogP contribution in [0.25, 0.3) is 0 Å².